The van der Waals surface area contributed by atoms with Crippen LogP contribution < -0.4 is 16.0 Å². The number of amides is 3. The summed E-state index contributed by atoms with van der Waals surface area (Å²) in [5, 5.41) is 8.81. The number of carbonyl (C=O) groups is 3. The fourth-order valence-corrected chi connectivity index (χ4v) is 2.92. The van der Waals surface area contributed by atoms with Gasteiger partial charge in [-0.05, 0) is 55.9 Å². The Morgan fingerprint density at radius 2 is 1.59 bits per heavy atom. The zero-order valence-corrected chi connectivity index (χ0v) is 17.4. The summed E-state index contributed by atoms with van der Waals surface area (Å²) in [7, 11) is 0. The number of halogens is 1. The van der Waals surface area contributed by atoms with Crippen LogP contribution in [0.5, 0.6) is 0 Å². The van der Waals surface area contributed by atoms with E-state index in [0.717, 1.165) is 0 Å². The molecule has 7 nitrogen and oxygen atoms in total. The summed E-state index contributed by atoms with van der Waals surface area (Å²) in [6, 6.07) is 13.2. The zero-order valence-electron chi connectivity index (χ0n) is 16.7. The van der Waals surface area contributed by atoms with Crippen LogP contribution in [0, 0.1) is 0 Å². The van der Waals surface area contributed by atoms with Crippen LogP contribution in [0.15, 0.2) is 48.5 Å². The SMILES string of the molecule is CCN(CC(=O)Nc1ccc(NC(C)=O)cc1)C(C)C(=O)Nc1cccc(Cl)c1. The predicted molar refractivity (Wildman–Crippen MR) is 116 cm³/mol. The van der Waals surface area contributed by atoms with Crippen LogP contribution in [0.25, 0.3) is 0 Å². The molecule has 0 aliphatic heterocycles. The Kier molecular flexibility index (Phi) is 8.18. The quantitative estimate of drug-likeness (QED) is 0.613. The number of rotatable bonds is 8. The smallest absolute Gasteiger partial charge is 0.241 e. The highest BCUT2D eigenvalue weighted by molar-refractivity contribution is 6.30. The van der Waals surface area contributed by atoms with Crippen LogP contribution in [-0.2, 0) is 14.4 Å². The lowest BCUT2D eigenvalue weighted by Crippen LogP contribution is -2.45. The Morgan fingerprint density at radius 3 is 2.14 bits per heavy atom. The molecular formula is C21H25ClN4O3. The van der Waals surface area contributed by atoms with Gasteiger partial charge in [0.05, 0.1) is 12.6 Å². The van der Waals surface area contributed by atoms with Crippen molar-refractivity contribution in [3.63, 3.8) is 0 Å². The summed E-state index contributed by atoms with van der Waals surface area (Å²) in [6.07, 6.45) is 0. The zero-order chi connectivity index (χ0) is 21.4. The van der Waals surface area contributed by atoms with Gasteiger partial charge in [-0.2, -0.15) is 0 Å². The molecule has 0 fully saturated rings. The first-order valence-electron chi connectivity index (χ1n) is 9.26. The summed E-state index contributed by atoms with van der Waals surface area (Å²) in [4.78, 5) is 37.8. The first-order chi connectivity index (χ1) is 13.8. The fourth-order valence-electron chi connectivity index (χ4n) is 2.73. The molecule has 0 aliphatic carbocycles. The predicted octanol–water partition coefficient (Wildman–Crippen LogP) is 3.59. The van der Waals surface area contributed by atoms with Gasteiger partial charge in [0.1, 0.15) is 0 Å². The number of hydrogen-bond acceptors (Lipinski definition) is 4. The highest BCUT2D eigenvalue weighted by Gasteiger charge is 2.22. The maximum absolute atomic E-state index is 12.5. The van der Waals surface area contributed by atoms with Gasteiger partial charge in [0.15, 0.2) is 0 Å². The monoisotopic (exact) mass is 416 g/mol. The summed E-state index contributed by atoms with van der Waals surface area (Å²) < 4.78 is 0. The standard InChI is InChI=1S/C21H25ClN4O3/c1-4-26(14(2)21(29)25-19-7-5-6-16(22)12-19)13-20(28)24-18-10-8-17(9-11-18)23-15(3)27/h5-12,14H,4,13H2,1-3H3,(H,23,27)(H,24,28)(H,25,29). The minimum Gasteiger partial charge on any atom is -0.326 e. The topological polar surface area (TPSA) is 90.5 Å². The molecule has 0 aromatic heterocycles. The van der Waals surface area contributed by atoms with E-state index in [1.807, 2.05) is 6.92 Å². The van der Waals surface area contributed by atoms with E-state index in [1.165, 1.54) is 6.92 Å². The van der Waals surface area contributed by atoms with E-state index in [2.05, 4.69) is 16.0 Å². The molecule has 0 saturated carbocycles. The van der Waals surface area contributed by atoms with Gasteiger partial charge >= 0.3 is 0 Å². The van der Waals surface area contributed by atoms with Crippen LogP contribution in [0.3, 0.4) is 0 Å². The van der Waals surface area contributed by atoms with E-state index in [9.17, 15) is 14.4 Å². The Bertz CT molecular complexity index is 870. The third-order valence-electron chi connectivity index (χ3n) is 4.26. The van der Waals surface area contributed by atoms with Gasteiger partial charge < -0.3 is 16.0 Å². The summed E-state index contributed by atoms with van der Waals surface area (Å²) in [5.74, 6) is -0.617. The molecule has 0 aliphatic rings. The molecule has 1 atom stereocenters. The van der Waals surface area contributed by atoms with Crippen molar-refractivity contribution in [1.29, 1.82) is 0 Å². The molecule has 29 heavy (non-hydrogen) atoms. The third-order valence-corrected chi connectivity index (χ3v) is 4.50. The van der Waals surface area contributed by atoms with Crippen LogP contribution in [0.4, 0.5) is 17.1 Å². The van der Waals surface area contributed by atoms with Crippen molar-refractivity contribution in [3.8, 4) is 0 Å². The van der Waals surface area contributed by atoms with Crippen molar-refractivity contribution in [2.45, 2.75) is 26.8 Å². The molecule has 0 bridgehead atoms. The van der Waals surface area contributed by atoms with Crippen molar-refractivity contribution in [1.82, 2.24) is 4.90 Å². The number of nitrogens with one attached hydrogen (secondary N) is 3. The van der Waals surface area contributed by atoms with Gasteiger partial charge in [-0.3, -0.25) is 19.3 Å². The average Bonchev–Trinajstić information content (AvgIpc) is 2.66. The summed E-state index contributed by atoms with van der Waals surface area (Å²) in [6.45, 7) is 5.66. The molecule has 1 unspecified atom stereocenters. The molecule has 8 heteroatoms. The van der Waals surface area contributed by atoms with E-state index in [1.54, 1.807) is 60.4 Å². The Balaban J connectivity index is 1.92. The maximum Gasteiger partial charge on any atom is 0.241 e. The molecule has 0 saturated heterocycles. The number of likely N-dealkylation sites (N-methyl/N-ethyl adjacent to an activating group) is 1. The normalized spacial score (nSPS) is 11.6. The first-order valence-corrected chi connectivity index (χ1v) is 9.64. The Hall–Kier alpha value is -2.90. The molecule has 0 radical (unpaired) electrons. The van der Waals surface area contributed by atoms with Gasteiger partial charge in [-0.25, -0.2) is 0 Å². The van der Waals surface area contributed by atoms with Crippen molar-refractivity contribution in [2.75, 3.05) is 29.0 Å². The van der Waals surface area contributed by atoms with Crippen LogP contribution in [0.1, 0.15) is 20.8 Å². The number of hydrogen-bond donors (Lipinski definition) is 3. The van der Waals surface area contributed by atoms with Crippen molar-refractivity contribution < 1.29 is 14.4 Å². The first kappa shape index (κ1) is 22.4. The van der Waals surface area contributed by atoms with E-state index in [0.29, 0.717) is 28.6 Å². The van der Waals surface area contributed by atoms with Crippen LogP contribution in [0.2, 0.25) is 5.02 Å². The van der Waals surface area contributed by atoms with E-state index >= 15 is 0 Å². The van der Waals surface area contributed by atoms with Crippen LogP contribution >= 0.6 is 11.6 Å². The molecular weight excluding hydrogens is 392 g/mol. The minimum atomic E-state index is -0.508. The molecule has 0 spiro atoms. The van der Waals surface area contributed by atoms with E-state index in [4.69, 9.17) is 11.6 Å². The van der Waals surface area contributed by atoms with Gasteiger partial charge in [0.2, 0.25) is 17.7 Å². The lowest BCUT2D eigenvalue weighted by Gasteiger charge is -2.26. The highest BCUT2D eigenvalue weighted by atomic mass is 35.5. The molecule has 3 amide bonds. The van der Waals surface area contributed by atoms with Gasteiger partial charge in [-0.15, -0.1) is 0 Å². The molecule has 0 heterocycles. The summed E-state index contributed by atoms with van der Waals surface area (Å²) >= 11 is 5.94. The van der Waals surface area contributed by atoms with Crippen molar-refractivity contribution >= 4 is 46.4 Å². The van der Waals surface area contributed by atoms with E-state index in [-0.39, 0.29) is 24.3 Å². The summed E-state index contributed by atoms with van der Waals surface area (Å²) in [5.41, 5.74) is 1.86. The minimum absolute atomic E-state index is 0.0636. The second-order valence-electron chi connectivity index (χ2n) is 6.55. The lowest BCUT2D eigenvalue weighted by atomic mass is 10.2. The largest absolute Gasteiger partial charge is 0.326 e. The number of nitrogens with zero attached hydrogens (tertiary/aromatic N) is 1. The maximum atomic E-state index is 12.5. The van der Waals surface area contributed by atoms with Gasteiger partial charge in [-0.1, -0.05) is 24.6 Å². The van der Waals surface area contributed by atoms with Crippen LogP contribution in [-0.4, -0.2) is 41.8 Å². The third kappa shape index (κ3) is 7.21. The molecule has 154 valence electrons. The Labute approximate surface area is 175 Å². The lowest BCUT2D eigenvalue weighted by molar-refractivity contribution is -0.123. The Morgan fingerprint density at radius 1 is 0.966 bits per heavy atom. The van der Waals surface area contributed by atoms with Crippen molar-refractivity contribution in [3.05, 3.63) is 53.6 Å². The van der Waals surface area contributed by atoms with E-state index < -0.39 is 6.04 Å². The van der Waals surface area contributed by atoms with Gasteiger partial charge in [0, 0.05) is 29.0 Å². The highest BCUT2D eigenvalue weighted by Crippen LogP contribution is 2.16. The molecule has 2 rings (SSSR count). The number of benzene rings is 2. The molecule has 2 aromatic carbocycles. The second kappa shape index (κ2) is 10.6. The molecule has 2 aromatic rings. The number of carbonyl (C=O) groups excluding carboxylic acids is 3. The average molecular weight is 417 g/mol. The number of anilines is 3. The van der Waals surface area contributed by atoms with Crippen molar-refractivity contribution in [2.24, 2.45) is 0 Å². The fraction of sp³-hybridized carbons (Fsp3) is 0.286. The second-order valence-corrected chi connectivity index (χ2v) is 6.98. The van der Waals surface area contributed by atoms with Gasteiger partial charge in [0.25, 0.3) is 0 Å². The molecule has 3 N–H and O–H groups in total.